The second kappa shape index (κ2) is 7.14. The summed E-state index contributed by atoms with van der Waals surface area (Å²) in [6.07, 6.45) is 13.5. The van der Waals surface area contributed by atoms with Crippen LogP contribution >= 0.6 is 0 Å². The van der Waals surface area contributed by atoms with Gasteiger partial charge in [-0.15, -0.1) is 0 Å². The van der Waals surface area contributed by atoms with Gasteiger partial charge in [0.1, 0.15) is 0 Å². The maximum atomic E-state index is 4.06. The van der Waals surface area contributed by atoms with Crippen LogP contribution in [0.1, 0.15) is 36.8 Å². The molecule has 0 saturated carbocycles. The molecule has 120 valence electrons. The van der Waals surface area contributed by atoms with Gasteiger partial charge >= 0.3 is 0 Å². The maximum Gasteiger partial charge on any atom is 0.0130 e. The van der Waals surface area contributed by atoms with Gasteiger partial charge < -0.3 is 4.90 Å². The van der Waals surface area contributed by atoms with Crippen LogP contribution in [0.4, 0.5) is 0 Å². The van der Waals surface area contributed by atoms with Gasteiger partial charge in [0.15, 0.2) is 0 Å². The summed E-state index contributed by atoms with van der Waals surface area (Å²) in [6.45, 7) is 8.57. The van der Waals surface area contributed by atoms with Crippen molar-refractivity contribution in [2.45, 2.75) is 25.7 Å². The summed E-state index contributed by atoms with van der Waals surface area (Å²) >= 11 is 0. The van der Waals surface area contributed by atoms with Crippen molar-refractivity contribution in [3.63, 3.8) is 0 Å². The van der Waals surface area contributed by atoms with Crippen molar-refractivity contribution in [1.29, 1.82) is 0 Å². The van der Waals surface area contributed by atoms with E-state index in [1.165, 1.54) is 48.2 Å². The highest BCUT2D eigenvalue weighted by atomic mass is 15.1. The third kappa shape index (κ3) is 3.25. The van der Waals surface area contributed by atoms with Crippen molar-refractivity contribution >= 4 is 6.08 Å². The number of fused-ring (bicyclic) bond motifs is 1. The average Bonchev–Trinajstić information content (AvgIpc) is 2.73. The zero-order chi connectivity index (χ0) is 16.2. The van der Waals surface area contributed by atoms with E-state index in [1.54, 1.807) is 0 Å². The molecule has 3 rings (SSSR count). The van der Waals surface area contributed by atoms with Crippen molar-refractivity contribution in [3.05, 3.63) is 77.4 Å². The van der Waals surface area contributed by atoms with Crippen LogP contribution in [0, 0.1) is 5.92 Å². The molecule has 1 heteroatoms. The third-order valence-electron chi connectivity index (χ3n) is 5.24. The Morgan fingerprint density at radius 1 is 1.13 bits per heavy atom. The van der Waals surface area contributed by atoms with Gasteiger partial charge in [-0.3, -0.25) is 0 Å². The van der Waals surface area contributed by atoms with E-state index in [2.05, 4.69) is 74.0 Å². The first-order valence-corrected chi connectivity index (χ1v) is 8.69. The minimum Gasteiger partial charge on any atom is -0.306 e. The molecule has 1 atom stereocenters. The SMILES string of the molecule is C=CC1=C(/C=C\C)C(C2CCN(C)CC2)c2ccccc2C=C1. The monoisotopic (exact) mass is 305 g/mol. The summed E-state index contributed by atoms with van der Waals surface area (Å²) in [5.74, 6) is 1.17. The Kier molecular flexibility index (Phi) is 4.97. The molecule has 1 fully saturated rings. The van der Waals surface area contributed by atoms with E-state index in [0.717, 1.165) is 0 Å². The Morgan fingerprint density at radius 3 is 2.57 bits per heavy atom. The first kappa shape index (κ1) is 16.0. The number of hydrogen-bond acceptors (Lipinski definition) is 1. The van der Waals surface area contributed by atoms with Gasteiger partial charge in [0, 0.05) is 5.92 Å². The highest BCUT2D eigenvalue weighted by Crippen LogP contribution is 2.43. The molecule has 0 amide bonds. The number of hydrogen-bond donors (Lipinski definition) is 0. The average molecular weight is 305 g/mol. The summed E-state index contributed by atoms with van der Waals surface area (Å²) in [5, 5.41) is 0. The van der Waals surface area contributed by atoms with Gasteiger partial charge in [0.05, 0.1) is 0 Å². The zero-order valence-electron chi connectivity index (χ0n) is 14.3. The van der Waals surface area contributed by atoms with Gasteiger partial charge in [-0.1, -0.05) is 61.2 Å². The van der Waals surface area contributed by atoms with Crippen molar-refractivity contribution in [2.24, 2.45) is 5.92 Å². The fourth-order valence-electron chi connectivity index (χ4n) is 4.00. The van der Waals surface area contributed by atoms with Gasteiger partial charge in [0.25, 0.3) is 0 Å². The molecule has 1 nitrogen and oxygen atoms in total. The topological polar surface area (TPSA) is 3.24 Å². The Bertz CT molecular complexity index is 654. The van der Waals surface area contributed by atoms with Crippen molar-refractivity contribution < 1.29 is 0 Å². The van der Waals surface area contributed by atoms with Crippen LogP contribution in [-0.2, 0) is 0 Å². The van der Waals surface area contributed by atoms with E-state index >= 15 is 0 Å². The van der Waals surface area contributed by atoms with E-state index in [-0.39, 0.29) is 0 Å². The lowest BCUT2D eigenvalue weighted by atomic mass is 9.74. The maximum absolute atomic E-state index is 4.06. The lowest BCUT2D eigenvalue weighted by Gasteiger charge is -2.36. The van der Waals surface area contributed by atoms with Crippen molar-refractivity contribution in [1.82, 2.24) is 4.90 Å². The summed E-state index contributed by atoms with van der Waals surface area (Å²) in [4.78, 5) is 2.45. The van der Waals surface area contributed by atoms with Crippen LogP contribution in [0.15, 0.2) is 66.3 Å². The summed E-state index contributed by atoms with van der Waals surface area (Å²) in [7, 11) is 2.23. The molecule has 0 spiro atoms. The number of piperidine rings is 1. The molecule has 0 N–H and O–H groups in total. The Balaban J connectivity index is 2.11. The Morgan fingerprint density at radius 2 is 1.87 bits per heavy atom. The van der Waals surface area contributed by atoms with Crippen LogP contribution < -0.4 is 0 Å². The molecule has 1 aromatic carbocycles. The molecular weight excluding hydrogens is 278 g/mol. The first-order chi connectivity index (χ1) is 11.2. The first-order valence-electron chi connectivity index (χ1n) is 8.69. The molecular formula is C22H27N. The van der Waals surface area contributed by atoms with Crippen molar-refractivity contribution in [2.75, 3.05) is 20.1 Å². The predicted octanol–water partition coefficient (Wildman–Crippen LogP) is 5.20. The molecule has 1 unspecified atom stereocenters. The van der Waals surface area contributed by atoms with E-state index in [9.17, 15) is 0 Å². The fraction of sp³-hybridized carbons (Fsp3) is 0.364. The van der Waals surface area contributed by atoms with Crippen LogP contribution in [-0.4, -0.2) is 25.0 Å². The Labute approximate surface area is 140 Å². The van der Waals surface area contributed by atoms with Crippen LogP contribution in [0.2, 0.25) is 0 Å². The van der Waals surface area contributed by atoms with Gasteiger partial charge in [-0.25, -0.2) is 0 Å². The normalized spacial score (nSPS) is 23.1. The third-order valence-corrected chi connectivity index (χ3v) is 5.24. The molecule has 0 aromatic heterocycles. The molecule has 0 radical (unpaired) electrons. The molecule has 23 heavy (non-hydrogen) atoms. The quantitative estimate of drug-likeness (QED) is 0.742. The summed E-state index contributed by atoms with van der Waals surface area (Å²) in [5.41, 5.74) is 5.53. The second-order valence-corrected chi connectivity index (χ2v) is 6.70. The molecule has 1 aliphatic carbocycles. The van der Waals surface area contributed by atoms with Gasteiger partial charge in [0.2, 0.25) is 0 Å². The highest BCUT2D eigenvalue weighted by molar-refractivity contribution is 5.65. The van der Waals surface area contributed by atoms with Crippen LogP contribution in [0.3, 0.4) is 0 Å². The smallest absolute Gasteiger partial charge is 0.0130 e. The number of likely N-dealkylation sites (tertiary alicyclic amines) is 1. The largest absolute Gasteiger partial charge is 0.306 e. The van der Waals surface area contributed by atoms with Gasteiger partial charge in [-0.05, 0) is 68.1 Å². The van der Waals surface area contributed by atoms with E-state index in [1.807, 2.05) is 6.08 Å². The number of rotatable bonds is 3. The number of benzene rings is 1. The minimum absolute atomic E-state index is 0.471. The lowest BCUT2D eigenvalue weighted by Crippen LogP contribution is -2.33. The molecule has 1 heterocycles. The zero-order valence-corrected chi connectivity index (χ0v) is 14.3. The molecule has 1 saturated heterocycles. The van der Waals surface area contributed by atoms with Crippen LogP contribution in [0.25, 0.3) is 6.08 Å². The van der Waals surface area contributed by atoms with E-state index in [4.69, 9.17) is 0 Å². The summed E-state index contributed by atoms with van der Waals surface area (Å²) in [6, 6.07) is 8.88. The van der Waals surface area contributed by atoms with Crippen molar-refractivity contribution in [3.8, 4) is 0 Å². The summed E-state index contributed by atoms with van der Waals surface area (Å²) < 4.78 is 0. The standard InChI is InChI=1S/C22H27N/c1-4-8-20-17(5-2)11-12-18-9-6-7-10-21(18)22(20)19-13-15-23(3)16-14-19/h4-12,19,22H,2,13-16H2,1,3H3/b8-4-. The molecule has 0 bridgehead atoms. The van der Waals surface area contributed by atoms with E-state index < -0.39 is 0 Å². The number of allylic oxidation sites excluding steroid dienone is 6. The molecule has 2 aliphatic rings. The second-order valence-electron chi connectivity index (χ2n) is 6.70. The lowest BCUT2D eigenvalue weighted by molar-refractivity contribution is 0.207. The van der Waals surface area contributed by atoms with E-state index in [0.29, 0.717) is 11.8 Å². The molecule has 1 aromatic rings. The Hall–Kier alpha value is -1.86. The highest BCUT2D eigenvalue weighted by Gasteiger charge is 2.31. The van der Waals surface area contributed by atoms with Crippen LogP contribution in [0.5, 0.6) is 0 Å². The predicted molar refractivity (Wildman–Crippen MR) is 100 cm³/mol. The minimum atomic E-state index is 0.471. The van der Waals surface area contributed by atoms with Gasteiger partial charge in [-0.2, -0.15) is 0 Å². The molecule has 1 aliphatic heterocycles. The number of nitrogens with zero attached hydrogens (tertiary/aromatic N) is 1. The fourth-order valence-corrected chi connectivity index (χ4v) is 4.00.